The van der Waals surface area contributed by atoms with Crippen LogP contribution in [0.3, 0.4) is 0 Å². The Balaban J connectivity index is 2.07. The van der Waals surface area contributed by atoms with Crippen LogP contribution in [0, 0.1) is 0 Å². The Morgan fingerprint density at radius 3 is 1.53 bits per heavy atom. The fourth-order valence-corrected chi connectivity index (χ4v) is 7.95. The third-order valence-corrected chi connectivity index (χ3v) is 11.0. The molecular weight excluding hydrogens is 320 g/mol. The van der Waals surface area contributed by atoms with Crippen molar-refractivity contribution in [1.29, 1.82) is 0 Å². The summed E-state index contributed by atoms with van der Waals surface area (Å²) in [5.41, 5.74) is 5.20. The van der Waals surface area contributed by atoms with Crippen molar-refractivity contribution in [1.82, 2.24) is 0 Å². The summed E-state index contributed by atoms with van der Waals surface area (Å²) in [6.45, 7) is 0. The zero-order chi connectivity index (χ0) is 13.2. The Morgan fingerprint density at radius 2 is 1.11 bits per heavy atom. The van der Waals surface area contributed by atoms with Crippen molar-refractivity contribution in [2.45, 2.75) is 0 Å². The topological polar surface area (TPSA) is 9.72 Å². The summed E-state index contributed by atoms with van der Waals surface area (Å²) in [5.74, 6) is -1.65. The third kappa shape index (κ3) is 1.22. The molecule has 0 spiro atoms. The predicted octanol–water partition coefficient (Wildman–Crippen LogP) is 3.57. The minimum absolute atomic E-state index is 1.30. The van der Waals surface area contributed by atoms with Crippen molar-refractivity contribution < 1.29 is 0 Å². The van der Waals surface area contributed by atoms with Gasteiger partial charge in [0, 0.05) is 0 Å². The van der Waals surface area contributed by atoms with Crippen molar-refractivity contribution in [2.24, 2.45) is 0 Å². The maximum atomic E-state index is 3.50. The summed E-state index contributed by atoms with van der Waals surface area (Å²) in [5, 5.41) is 0. The summed E-state index contributed by atoms with van der Waals surface area (Å²) in [6, 6.07) is 17.3. The Labute approximate surface area is 120 Å². The van der Waals surface area contributed by atoms with Gasteiger partial charge >= 0.3 is 120 Å². The van der Waals surface area contributed by atoms with Crippen molar-refractivity contribution in [3.63, 3.8) is 0 Å². The number of para-hydroxylation sites is 4. The van der Waals surface area contributed by atoms with Crippen LogP contribution in [-0.4, -0.2) is 29.2 Å². The van der Waals surface area contributed by atoms with Crippen LogP contribution in [0.2, 0.25) is 0 Å². The van der Waals surface area contributed by atoms with E-state index in [0.717, 1.165) is 0 Å². The Bertz CT molecular complexity index is 673. The van der Waals surface area contributed by atoms with E-state index in [-0.39, 0.29) is 0 Å². The van der Waals surface area contributed by atoms with Crippen molar-refractivity contribution in [2.75, 3.05) is 28.1 Å². The van der Waals surface area contributed by atoms with Crippen LogP contribution in [0.15, 0.2) is 48.5 Å². The first-order valence-electron chi connectivity index (χ1n) is 6.23. The molecule has 0 saturated carbocycles. The van der Waals surface area contributed by atoms with Gasteiger partial charge in [-0.2, -0.15) is 0 Å². The van der Waals surface area contributed by atoms with Gasteiger partial charge in [0.15, 0.2) is 0 Å². The van der Waals surface area contributed by atoms with Gasteiger partial charge in [-0.25, -0.2) is 0 Å². The summed E-state index contributed by atoms with van der Waals surface area (Å²) in [7, 11) is 4.37. The molecule has 0 aliphatic carbocycles. The molecule has 0 fully saturated rings. The van der Waals surface area contributed by atoms with E-state index in [4.69, 9.17) is 0 Å². The van der Waals surface area contributed by atoms with Crippen LogP contribution in [0.5, 0.6) is 0 Å². The number of benzene rings is 2. The average molecular weight is 334 g/mol. The number of hydrogen-bond donors (Lipinski definition) is 0. The van der Waals surface area contributed by atoms with Gasteiger partial charge in [0.05, 0.1) is 0 Å². The molecule has 0 atom stereocenters. The Hall–Kier alpha value is -1.21. The van der Waals surface area contributed by atoms with E-state index < -0.39 is 5.96 Å². The molecule has 5 heteroatoms. The number of fused-ring (bicyclic) bond motifs is 5. The molecule has 0 radical (unpaired) electrons. The number of anilines is 4. The van der Waals surface area contributed by atoms with Gasteiger partial charge in [-0.15, -0.1) is 0 Å². The van der Waals surface area contributed by atoms with Crippen LogP contribution >= 0.6 is 5.96 Å². The molecule has 2 aromatic rings. The number of hydrogen-bond acceptors (Lipinski definition) is 3. The average Bonchev–Trinajstić information content (AvgIpc) is 2.81. The summed E-state index contributed by atoms with van der Waals surface area (Å²) < 4.78 is 7.29. The molecular formula is C14H14N3PSe. The van der Waals surface area contributed by atoms with Crippen LogP contribution in [-0.2, 0) is 0 Å². The fraction of sp³-hybridized carbons (Fsp3) is 0.143. The third-order valence-electron chi connectivity index (χ3n) is 3.96. The van der Waals surface area contributed by atoms with Crippen LogP contribution in [0.1, 0.15) is 0 Å². The second-order valence-corrected chi connectivity index (χ2v) is 10.6. The van der Waals surface area contributed by atoms with E-state index in [9.17, 15) is 0 Å². The first-order chi connectivity index (χ1) is 9.15. The molecule has 4 rings (SSSR count). The molecule has 19 heavy (non-hydrogen) atoms. The molecule has 2 aliphatic rings. The monoisotopic (exact) mass is 335 g/mol. The molecule has 2 aliphatic heterocycles. The maximum absolute atomic E-state index is 3.50. The second kappa shape index (κ2) is 3.67. The molecule has 96 valence electrons. The van der Waals surface area contributed by atoms with Crippen molar-refractivity contribution >= 4 is 43.8 Å². The molecule has 2 aromatic carbocycles. The quantitative estimate of drug-likeness (QED) is 0.539. The van der Waals surface area contributed by atoms with E-state index in [1.807, 2.05) is 0 Å². The Kier molecular flexibility index (Phi) is 2.24. The summed E-state index contributed by atoms with van der Waals surface area (Å²) in [4.78, 5) is 0. The second-order valence-electron chi connectivity index (χ2n) is 4.85. The van der Waals surface area contributed by atoms with Crippen LogP contribution in [0.4, 0.5) is 22.7 Å². The first-order valence-corrected chi connectivity index (χ1v) is 10.1. The number of rotatable bonds is 0. The standard InChI is InChI=1S/C14H14N3PSe/c1-15-11-7-3-5-9-13(11)17-14-10-6-4-8-12(14)16(2)18(15,17)19/h3-10H,1-2H3. The van der Waals surface area contributed by atoms with Gasteiger partial charge in [0.25, 0.3) is 0 Å². The van der Waals surface area contributed by atoms with Crippen molar-refractivity contribution in [3.8, 4) is 0 Å². The summed E-state index contributed by atoms with van der Waals surface area (Å²) >= 11 is 3.50. The molecule has 0 saturated heterocycles. The normalized spacial score (nSPS) is 18.3. The molecule has 0 aromatic heterocycles. The summed E-state index contributed by atoms with van der Waals surface area (Å²) in [6.07, 6.45) is 0. The minimum atomic E-state index is -1.65. The van der Waals surface area contributed by atoms with E-state index >= 15 is 0 Å². The SMILES string of the molecule is CN1c2ccccc2N2c3ccccc3N(C)P12=[Se]. The number of nitrogens with zero attached hydrogens (tertiary/aromatic N) is 3. The van der Waals surface area contributed by atoms with Crippen molar-refractivity contribution in [3.05, 3.63) is 48.5 Å². The van der Waals surface area contributed by atoms with Gasteiger partial charge in [-0.1, -0.05) is 0 Å². The van der Waals surface area contributed by atoms with Gasteiger partial charge < -0.3 is 0 Å². The van der Waals surface area contributed by atoms with E-state index in [1.54, 1.807) is 0 Å². The van der Waals surface area contributed by atoms with E-state index in [2.05, 4.69) is 91.7 Å². The van der Waals surface area contributed by atoms with E-state index in [1.165, 1.54) is 22.7 Å². The van der Waals surface area contributed by atoms with Crippen LogP contribution in [0.25, 0.3) is 0 Å². The van der Waals surface area contributed by atoms with Crippen LogP contribution < -0.4 is 14.0 Å². The molecule has 0 unspecified atom stereocenters. The van der Waals surface area contributed by atoms with Gasteiger partial charge in [-0.05, 0) is 0 Å². The molecule has 2 heterocycles. The zero-order valence-corrected chi connectivity index (χ0v) is 13.4. The first kappa shape index (κ1) is 11.6. The molecule has 0 amide bonds. The predicted molar refractivity (Wildman–Crippen MR) is 84.5 cm³/mol. The van der Waals surface area contributed by atoms with Gasteiger partial charge in [-0.3, -0.25) is 0 Å². The van der Waals surface area contributed by atoms with Gasteiger partial charge in [0.1, 0.15) is 0 Å². The van der Waals surface area contributed by atoms with Gasteiger partial charge in [0.2, 0.25) is 0 Å². The molecule has 3 nitrogen and oxygen atoms in total. The van der Waals surface area contributed by atoms with E-state index in [0.29, 0.717) is 0 Å². The molecule has 0 bridgehead atoms. The Morgan fingerprint density at radius 1 is 0.737 bits per heavy atom. The fourth-order valence-electron chi connectivity index (χ4n) is 2.99. The zero-order valence-electron chi connectivity index (χ0n) is 10.8. The molecule has 0 N–H and O–H groups in total.